The zero-order valence-electron chi connectivity index (χ0n) is 8.40. The average Bonchev–Trinajstić information content (AvgIpc) is 2.09. The molecule has 15 heavy (non-hydrogen) atoms. The van der Waals surface area contributed by atoms with Crippen LogP contribution >= 0.6 is 23.5 Å². The molecule has 6 heteroatoms. The van der Waals surface area contributed by atoms with E-state index in [1.807, 2.05) is 13.8 Å². The Morgan fingerprint density at radius 1 is 1.33 bits per heavy atom. The van der Waals surface area contributed by atoms with Crippen LogP contribution in [0.2, 0.25) is 0 Å². The summed E-state index contributed by atoms with van der Waals surface area (Å²) in [5.74, 6) is 0.469. The number of benzene rings is 1. The summed E-state index contributed by atoms with van der Waals surface area (Å²) in [6.45, 7) is 3.78. The SMILES string of the molecule is Cc1cc(OCP(=O)(O)O)cc(C)c1Br. The van der Waals surface area contributed by atoms with E-state index < -0.39 is 13.9 Å². The van der Waals surface area contributed by atoms with Gasteiger partial charge in [-0.25, -0.2) is 0 Å². The van der Waals surface area contributed by atoms with E-state index >= 15 is 0 Å². The Bertz CT molecular complexity index is 390. The Labute approximate surface area is 96.6 Å². The van der Waals surface area contributed by atoms with E-state index in [0.29, 0.717) is 5.75 Å². The van der Waals surface area contributed by atoms with E-state index in [1.54, 1.807) is 12.1 Å². The second-order valence-electron chi connectivity index (χ2n) is 3.31. The minimum absolute atomic E-state index is 0.469. The second kappa shape index (κ2) is 4.66. The van der Waals surface area contributed by atoms with Crippen molar-refractivity contribution in [3.05, 3.63) is 27.7 Å². The molecule has 1 rings (SSSR count). The number of rotatable bonds is 3. The quantitative estimate of drug-likeness (QED) is 0.841. The van der Waals surface area contributed by atoms with Crippen LogP contribution in [-0.2, 0) is 4.57 Å². The van der Waals surface area contributed by atoms with Gasteiger partial charge >= 0.3 is 7.60 Å². The van der Waals surface area contributed by atoms with Gasteiger partial charge in [-0.3, -0.25) is 4.57 Å². The summed E-state index contributed by atoms with van der Waals surface area (Å²) in [5, 5.41) is 0. The molecule has 0 saturated heterocycles. The number of ether oxygens (including phenoxy) is 1. The van der Waals surface area contributed by atoms with Crippen LogP contribution in [0.15, 0.2) is 16.6 Å². The van der Waals surface area contributed by atoms with Crippen LogP contribution in [-0.4, -0.2) is 16.1 Å². The van der Waals surface area contributed by atoms with Crippen LogP contribution < -0.4 is 4.74 Å². The van der Waals surface area contributed by atoms with Crippen molar-refractivity contribution in [2.75, 3.05) is 6.35 Å². The van der Waals surface area contributed by atoms with Gasteiger partial charge in [0.1, 0.15) is 5.75 Å². The predicted octanol–water partition coefficient (Wildman–Crippen LogP) is 2.58. The van der Waals surface area contributed by atoms with Crippen molar-refractivity contribution < 1.29 is 19.1 Å². The molecule has 84 valence electrons. The smallest absolute Gasteiger partial charge is 0.362 e. The van der Waals surface area contributed by atoms with Gasteiger partial charge in [-0.2, -0.15) is 0 Å². The number of hydrogen-bond donors (Lipinski definition) is 2. The molecule has 0 amide bonds. The minimum atomic E-state index is -4.11. The summed E-state index contributed by atoms with van der Waals surface area (Å²) in [6.07, 6.45) is -0.590. The first kappa shape index (κ1) is 12.7. The van der Waals surface area contributed by atoms with Gasteiger partial charge in [0.2, 0.25) is 0 Å². The van der Waals surface area contributed by atoms with Crippen LogP contribution in [0.25, 0.3) is 0 Å². The van der Waals surface area contributed by atoms with Crippen molar-refractivity contribution in [1.82, 2.24) is 0 Å². The van der Waals surface area contributed by atoms with Crippen molar-refractivity contribution >= 4 is 23.5 Å². The van der Waals surface area contributed by atoms with E-state index in [2.05, 4.69) is 15.9 Å². The van der Waals surface area contributed by atoms with Crippen LogP contribution in [0.4, 0.5) is 0 Å². The molecule has 0 spiro atoms. The van der Waals surface area contributed by atoms with Gasteiger partial charge in [-0.05, 0) is 37.1 Å². The van der Waals surface area contributed by atoms with Gasteiger partial charge in [-0.15, -0.1) is 0 Å². The molecule has 0 fully saturated rings. The summed E-state index contributed by atoms with van der Waals surface area (Å²) >= 11 is 3.39. The lowest BCUT2D eigenvalue weighted by molar-refractivity contribution is 0.300. The van der Waals surface area contributed by atoms with Crippen molar-refractivity contribution in [3.8, 4) is 5.75 Å². The molecule has 0 saturated carbocycles. The molecule has 1 aromatic rings. The fourth-order valence-corrected chi connectivity index (χ4v) is 1.69. The van der Waals surface area contributed by atoms with Crippen LogP contribution in [0.1, 0.15) is 11.1 Å². The number of hydrogen-bond acceptors (Lipinski definition) is 2. The topological polar surface area (TPSA) is 66.8 Å². The molecule has 0 aliphatic rings. The van der Waals surface area contributed by atoms with Crippen molar-refractivity contribution in [3.63, 3.8) is 0 Å². The molecule has 0 atom stereocenters. The van der Waals surface area contributed by atoms with E-state index in [1.165, 1.54) is 0 Å². The molecule has 0 unspecified atom stereocenters. The highest BCUT2D eigenvalue weighted by Gasteiger charge is 2.14. The predicted molar refractivity (Wildman–Crippen MR) is 61.2 cm³/mol. The molecular weight excluding hydrogens is 283 g/mol. The molecule has 4 nitrogen and oxygen atoms in total. The van der Waals surface area contributed by atoms with Crippen LogP contribution in [0, 0.1) is 13.8 Å². The largest absolute Gasteiger partial charge is 0.481 e. The number of halogens is 1. The first-order chi connectivity index (χ1) is 6.79. The fraction of sp³-hybridized carbons (Fsp3) is 0.333. The lowest BCUT2D eigenvalue weighted by atomic mass is 10.1. The number of aryl methyl sites for hydroxylation is 2. The molecule has 0 radical (unpaired) electrons. The maximum atomic E-state index is 10.6. The molecule has 0 heterocycles. The zero-order chi connectivity index (χ0) is 11.6. The van der Waals surface area contributed by atoms with Gasteiger partial charge in [0.25, 0.3) is 0 Å². The molecule has 0 aromatic heterocycles. The highest BCUT2D eigenvalue weighted by atomic mass is 79.9. The molecular formula is C9H12BrO4P. The van der Waals surface area contributed by atoms with E-state index in [4.69, 9.17) is 14.5 Å². The lowest BCUT2D eigenvalue weighted by Gasteiger charge is -2.10. The Kier molecular flexibility index (Phi) is 3.95. The van der Waals surface area contributed by atoms with Crippen LogP contribution in [0.3, 0.4) is 0 Å². The first-order valence-electron chi connectivity index (χ1n) is 4.24. The summed E-state index contributed by atoms with van der Waals surface area (Å²) in [7, 11) is -4.11. The summed E-state index contributed by atoms with van der Waals surface area (Å²) in [4.78, 5) is 17.3. The van der Waals surface area contributed by atoms with Crippen molar-refractivity contribution in [2.45, 2.75) is 13.8 Å². The highest BCUT2D eigenvalue weighted by molar-refractivity contribution is 9.10. The Morgan fingerprint density at radius 3 is 2.20 bits per heavy atom. The summed E-state index contributed by atoms with van der Waals surface area (Å²) < 4.78 is 16.6. The van der Waals surface area contributed by atoms with E-state index in [-0.39, 0.29) is 0 Å². The third-order valence-electron chi connectivity index (χ3n) is 1.81. The van der Waals surface area contributed by atoms with Gasteiger partial charge < -0.3 is 14.5 Å². The van der Waals surface area contributed by atoms with E-state index in [9.17, 15) is 4.57 Å². The fourth-order valence-electron chi connectivity index (χ4n) is 1.15. The highest BCUT2D eigenvalue weighted by Crippen LogP contribution is 2.35. The maximum absolute atomic E-state index is 10.6. The normalized spacial score (nSPS) is 11.5. The van der Waals surface area contributed by atoms with Gasteiger partial charge in [0.15, 0.2) is 6.35 Å². The van der Waals surface area contributed by atoms with Gasteiger partial charge in [0, 0.05) is 4.47 Å². The maximum Gasteiger partial charge on any atom is 0.362 e. The Hall–Kier alpha value is -0.350. The second-order valence-corrected chi connectivity index (χ2v) is 5.69. The monoisotopic (exact) mass is 294 g/mol. The molecule has 0 aliphatic heterocycles. The Morgan fingerprint density at radius 2 is 1.80 bits per heavy atom. The van der Waals surface area contributed by atoms with Gasteiger partial charge in [-0.1, -0.05) is 15.9 Å². The standard InChI is InChI=1S/C9H12BrO4P/c1-6-3-8(4-7(2)9(6)10)14-5-15(11,12)13/h3-4H,5H2,1-2H3,(H2,11,12,13). The third kappa shape index (κ3) is 3.95. The van der Waals surface area contributed by atoms with Crippen molar-refractivity contribution in [1.29, 1.82) is 0 Å². The molecule has 0 aliphatic carbocycles. The van der Waals surface area contributed by atoms with Gasteiger partial charge in [0.05, 0.1) is 0 Å². The van der Waals surface area contributed by atoms with E-state index in [0.717, 1.165) is 15.6 Å². The third-order valence-corrected chi connectivity index (χ3v) is 3.53. The molecule has 0 bridgehead atoms. The molecule has 1 aromatic carbocycles. The average molecular weight is 295 g/mol. The van der Waals surface area contributed by atoms with Crippen molar-refractivity contribution in [2.24, 2.45) is 0 Å². The summed E-state index contributed by atoms with van der Waals surface area (Å²) in [5.41, 5.74) is 1.94. The zero-order valence-corrected chi connectivity index (χ0v) is 10.9. The molecule has 2 N–H and O–H groups in total. The van der Waals surface area contributed by atoms with Crippen LogP contribution in [0.5, 0.6) is 5.75 Å². The lowest BCUT2D eigenvalue weighted by Crippen LogP contribution is -1.98. The first-order valence-corrected chi connectivity index (χ1v) is 6.83. The minimum Gasteiger partial charge on any atom is -0.481 e. The summed E-state index contributed by atoms with van der Waals surface area (Å²) in [6, 6.07) is 3.46. The Balaban J connectivity index is 2.84.